The Morgan fingerprint density at radius 2 is 1.89 bits per heavy atom. The normalized spacial score (nSPS) is 14.7. The van der Waals surface area contributed by atoms with Gasteiger partial charge in [-0.15, -0.1) is 11.3 Å². The summed E-state index contributed by atoms with van der Waals surface area (Å²) in [6.45, 7) is 2.08. The van der Waals surface area contributed by atoms with Gasteiger partial charge in [-0.2, -0.15) is 13.2 Å². The zero-order valence-electron chi connectivity index (χ0n) is 18.9. The number of benzene rings is 2. The molecule has 182 valence electrons. The van der Waals surface area contributed by atoms with E-state index in [-0.39, 0.29) is 24.1 Å². The Kier molecular flexibility index (Phi) is 6.29. The summed E-state index contributed by atoms with van der Waals surface area (Å²) < 4.78 is 51.5. The smallest absolute Gasteiger partial charge is 0.426 e. The van der Waals surface area contributed by atoms with Crippen LogP contribution in [0.3, 0.4) is 0 Å². The Labute approximate surface area is 204 Å². The Bertz CT molecular complexity index is 1340. The number of H-pyrrole nitrogens is 1. The lowest BCUT2D eigenvalue weighted by Crippen LogP contribution is -2.50. The maximum Gasteiger partial charge on any atom is 0.426 e. The number of likely N-dealkylation sites (tertiary alicyclic amines) is 1. The summed E-state index contributed by atoms with van der Waals surface area (Å²) in [6.07, 6.45) is -4.43. The summed E-state index contributed by atoms with van der Waals surface area (Å²) in [5.74, 6) is 0.339. The number of alkyl halides is 3. The van der Waals surface area contributed by atoms with Gasteiger partial charge in [-0.1, -0.05) is 30.3 Å². The van der Waals surface area contributed by atoms with E-state index in [4.69, 9.17) is 9.47 Å². The number of aromatic nitrogens is 1. The van der Waals surface area contributed by atoms with Gasteiger partial charge in [-0.25, -0.2) is 0 Å². The standard InChI is InChI=1S/C26H23F3N2O3S/c1-33-25(32)18-12-31(13-18)14-19-9-17-10-20(7-8-23(17)30-19)34-15-21-11-22(16-5-3-2-4-6-16)24(35-21)26(27,28)29/h2-11,18,30H,12-15H2,1H3. The maximum atomic E-state index is 13.6. The molecular formula is C26H23F3N2O3S. The van der Waals surface area contributed by atoms with Gasteiger partial charge in [0.05, 0.1) is 13.0 Å². The van der Waals surface area contributed by atoms with E-state index < -0.39 is 11.1 Å². The topological polar surface area (TPSA) is 54.6 Å². The number of nitrogens with zero attached hydrogens (tertiary/aromatic N) is 1. The second-order valence-electron chi connectivity index (χ2n) is 8.57. The van der Waals surface area contributed by atoms with Crippen molar-refractivity contribution in [1.29, 1.82) is 0 Å². The molecule has 4 aromatic rings. The first kappa shape index (κ1) is 23.4. The summed E-state index contributed by atoms with van der Waals surface area (Å²) >= 11 is 0.713. The molecule has 1 N–H and O–H groups in total. The van der Waals surface area contributed by atoms with E-state index in [0.717, 1.165) is 16.6 Å². The predicted octanol–water partition coefficient (Wildman–Crippen LogP) is 6.10. The second kappa shape index (κ2) is 9.39. The van der Waals surface area contributed by atoms with Crippen molar-refractivity contribution in [3.8, 4) is 16.9 Å². The lowest BCUT2D eigenvalue weighted by Gasteiger charge is -2.36. The zero-order chi connectivity index (χ0) is 24.6. The highest BCUT2D eigenvalue weighted by molar-refractivity contribution is 7.12. The van der Waals surface area contributed by atoms with Crippen LogP contribution < -0.4 is 4.74 Å². The van der Waals surface area contributed by atoms with Crippen molar-refractivity contribution in [3.05, 3.63) is 76.1 Å². The number of aromatic amines is 1. The molecule has 0 amide bonds. The number of ether oxygens (including phenoxy) is 2. The van der Waals surface area contributed by atoms with Crippen molar-refractivity contribution in [2.75, 3.05) is 20.2 Å². The molecule has 0 saturated carbocycles. The van der Waals surface area contributed by atoms with Gasteiger partial charge >= 0.3 is 12.1 Å². The van der Waals surface area contributed by atoms with Crippen LogP contribution in [0.25, 0.3) is 22.0 Å². The van der Waals surface area contributed by atoms with E-state index in [0.29, 0.717) is 47.2 Å². The van der Waals surface area contributed by atoms with Gasteiger partial charge in [0.25, 0.3) is 0 Å². The number of esters is 1. The second-order valence-corrected chi connectivity index (χ2v) is 9.70. The average molecular weight is 501 g/mol. The first-order valence-corrected chi connectivity index (χ1v) is 11.9. The lowest BCUT2D eigenvalue weighted by atomic mass is 10.0. The third-order valence-electron chi connectivity index (χ3n) is 6.04. The van der Waals surface area contributed by atoms with Crippen LogP contribution in [-0.4, -0.2) is 36.1 Å². The first-order valence-electron chi connectivity index (χ1n) is 11.1. The van der Waals surface area contributed by atoms with Crippen LogP contribution in [0, 0.1) is 5.92 Å². The minimum absolute atomic E-state index is 0.0477. The van der Waals surface area contributed by atoms with Crippen LogP contribution >= 0.6 is 11.3 Å². The number of hydrogen-bond acceptors (Lipinski definition) is 5. The monoisotopic (exact) mass is 500 g/mol. The molecule has 1 fully saturated rings. The number of hydrogen-bond donors (Lipinski definition) is 1. The van der Waals surface area contributed by atoms with Crippen LogP contribution in [0.4, 0.5) is 13.2 Å². The fraction of sp³-hybridized carbons (Fsp3) is 0.269. The summed E-state index contributed by atoms with van der Waals surface area (Å²) in [5, 5.41) is 0.953. The van der Waals surface area contributed by atoms with E-state index in [1.165, 1.54) is 7.11 Å². The van der Waals surface area contributed by atoms with Gasteiger partial charge < -0.3 is 14.5 Å². The predicted molar refractivity (Wildman–Crippen MR) is 128 cm³/mol. The van der Waals surface area contributed by atoms with Crippen LogP contribution in [0.1, 0.15) is 15.4 Å². The Morgan fingerprint density at radius 3 is 2.60 bits per heavy atom. The first-order chi connectivity index (χ1) is 16.8. The van der Waals surface area contributed by atoms with Crippen LogP contribution in [-0.2, 0) is 28.9 Å². The third kappa shape index (κ3) is 5.06. The Hall–Kier alpha value is -3.30. The highest BCUT2D eigenvalue weighted by Crippen LogP contribution is 2.43. The summed E-state index contributed by atoms with van der Waals surface area (Å²) in [6, 6.07) is 17.7. The van der Waals surface area contributed by atoms with Gasteiger partial charge in [0.15, 0.2) is 0 Å². The van der Waals surface area contributed by atoms with E-state index >= 15 is 0 Å². The van der Waals surface area contributed by atoms with E-state index in [1.54, 1.807) is 42.5 Å². The Morgan fingerprint density at radius 1 is 1.11 bits per heavy atom. The number of thiophene rings is 1. The molecule has 9 heteroatoms. The Balaban J connectivity index is 1.27. The molecule has 1 saturated heterocycles. The average Bonchev–Trinajstić information content (AvgIpc) is 3.43. The molecule has 0 atom stereocenters. The van der Waals surface area contributed by atoms with Crippen LogP contribution in [0.5, 0.6) is 5.75 Å². The fourth-order valence-electron chi connectivity index (χ4n) is 4.31. The molecule has 2 aromatic carbocycles. The molecule has 0 aliphatic carbocycles. The molecule has 0 bridgehead atoms. The highest BCUT2D eigenvalue weighted by atomic mass is 32.1. The number of methoxy groups -OCH3 is 1. The molecule has 3 heterocycles. The molecule has 2 aromatic heterocycles. The molecule has 0 radical (unpaired) electrons. The fourth-order valence-corrected chi connectivity index (χ4v) is 5.27. The summed E-state index contributed by atoms with van der Waals surface area (Å²) in [5.41, 5.74) is 2.66. The summed E-state index contributed by atoms with van der Waals surface area (Å²) in [4.78, 5) is 17.0. The van der Waals surface area contributed by atoms with E-state index in [2.05, 4.69) is 9.88 Å². The van der Waals surface area contributed by atoms with Gasteiger partial charge in [0.1, 0.15) is 17.2 Å². The lowest BCUT2D eigenvalue weighted by molar-refractivity contribution is -0.151. The van der Waals surface area contributed by atoms with Crippen molar-refractivity contribution in [2.45, 2.75) is 19.3 Å². The molecule has 35 heavy (non-hydrogen) atoms. The number of nitrogens with one attached hydrogen (secondary N) is 1. The van der Waals surface area contributed by atoms with Crippen LogP contribution in [0.15, 0.2) is 60.7 Å². The largest absolute Gasteiger partial charge is 0.488 e. The van der Waals surface area contributed by atoms with Crippen molar-refractivity contribution >= 4 is 28.2 Å². The molecule has 1 aliphatic rings. The van der Waals surface area contributed by atoms with Gasteiger partial charge in [-0.3, -0.25) is 9.69 Å². The number of fused-ring (bicyclic) bond motifs is 1. The molecule has 0 spiro atoms. The minimum Gasteiger partial charge on any atom is -0.488 e. The molecule has 5 nitrogen and oxygen atoms in total. The highest BCUT2D eigenvalue weighted by Gasteiger charge is 2.36. The number of carbonyl (C=O) groups is 1. The minimum atomic E-state index is -4.43. The molecular weight excluding hydrogens is 477 g/mol. The van der Waals surface area contributed by atoms with Gasteiger partial charge in [0, 0.05) is 46.7 Å². The molecule has 5 rings (SSSR count). The van der Waals surface area contributed by atoms with Crippen molar-refractivity contribution < 1.29 is 27.4 Å². The van der Waals surface area contributed by atoms with E-state index in [9.17, 15) is 18.0 Å². The van der Waals surface area contributed by atoms with Crippen LogP contribution in [0.2, 0.25) is 0 Å². The van der Waals surface area contributed by atoms with Gasteiger partial charge in [-0.05, 0) is 35.9 Å². The zero-order valence-corrected chi connectivity index (χ0v) is 19.7. The van der Waals surface area contributed by atoms with Gasteiger partial charge in [0.2, 0.25) is 0 Å². The molecule has 1 aliphatic heterocycles. The number of halogens is 3. The quantitative estimate of drug-likeness (QED) is 0.312. The molecule has 0 unspecified atom stereocenters. The SMILES string of the molecule is COC(=O)C1CN(Cc2cc3cc(OCc4cc(-c5ccccc5)c(C(F)(F)F)s4)ccc3[nH]2)C1. The number of carbonyl (C=O) groups excluding carboxylic acids is 1. The summed E-state index contributed by atoms with van der Waals surface area (Å²) in [7, 11) is 1.40. The third-order valence-corrected chi connectivity index (χ3v) is 7.19. The van der Waals surface area contributed by atoms with Crippen molar-refractivity contribution in [3.63, 3.8) is 0 Å². The van der Waals surface area contributed by atoms with Crippen molar-refractivity contribution in [1.82, 2.24) is 9.88 Å². The van der Waals surface area contributed by atoms with Crippen molar-refractivity contribution in [2.24, 2.45) is 5.92 Å². The van der Waals surface area contributed by atoms with E-state index in [1.807, 2.05) is 18.2 Å². The number of rotatable bonds is 7. The maximum absolute atomic E-state index is 13.6.